The van der Waals surface area contributed by atoms with Crippen molar-refractivity contribution in [2.45, 2.75) is 12.4 Å². The Morgan fingerprint density at radius 1 is 1.00 bits per heavy atom. The number of carbonyl (C=O) groups excluding carboxylic acids is 1. The average molecular weight is 369 g/mol. The van der Waals surface area contributed by atoms with Crippen molar-refractivity contribution in [1.82, 2.24) is 4.98 Å². The van der Waals surface area contributed by atoms with Crippen molar-refractivity contribution in [1.29, 1.82) is 0 Å². The highest BCUT2D eigenvalue weighted by Gasteiger charge is 2.36. The summed E-state index contributed by atoms with van der Waals surface area (Å²) in [6.45, 7) is 0. The predicted molar refractivity (Wildman–Crippen MR) is 73.6 cm³/mol. The zero-order valence-corrected chi connectivity index (χ0v) is 12.2. The third-order valence-electron chi connectivity index (χ3n) is 2.83. The van der Waals surface area contributed by atoms with Crippen LogP contribution in [0.4, 0.5) is 32.0 Å². The van der Waals surface area contributed by atoms with Crippen molar-refractivity contribution in [2.24, 2.45) is 0 Å². The number of hydrogen-bond acceptors (Lipinski definition) is 2. The highest BCUT2D eigenvalue weighted by atomic mass is 35.5. The number of halogens is 7. The van der Waals surface area contributed by atoms with E-state index in [0.717, 1.165) is 24.3 Å². The highest BCUT2D eigenvalue weighted by molar-refractivity contribution is 6.29. The van der Waals surface area contributed by atoms with Crippen LogP contribution in [-0.2, 0) is 12.4 Å². The molecule has 1 N–H and O–H groups in total. The number of anilines is 1. The second-order valence-corrected chi connectivity index (χ2v) is 4.95. The van der Waals surface area contributed by atoms with Gasteiger partial charge in [0, 0.05) is 5.69 Å². The van der Waals surface area contributed by atoms with Gasteiger partial charge in [-0.1, -0.05) is 17.7 Å². The molecule has 0 aliphatic carbocycles. The first-order chi connectivity index (χ1) is 11.0. The van der Waals surface area contributed by atoms with E-state index in [1.807, 2.05) is 5.32 Å². The van der Waals surface area contributed by atoms with Crippen LogP contribution in [0.5, 0.6) is 0 Å². The molecule has 0 aliphatic rings. The summed E-state index contributed by atoms with van der Waals surface area (Å²) in [5, 5.41) is 1.59. The predicted octanol–water partition coefficient (Wildman–Crippen LogP) is 5.02. The van der Waals surface area contributed by atoms with Gasteiger partial charge in [-0.25, -0.2) is 4.98 Å². The first-order valence-corrected chi connectivity index (χ1v) is 6.58. The summed E-state index contributed by atoms with van der Waals surface area (Å²) in [5.74, 6) is -1.33. The van der Waals surface area contributed by atoms with Gasteiger partial charge in [0.15, 0.2) is 0 Å². The Kier molecular flexibility index (Phi) is 4.75. The van der Waals surface area contributed by atoms with Crippen LogP contribution in [0.15, 0.2) is 36.4 Å². The molecule has 10 heteroatoms. The van der Waals surface area contributed by atoms with E-state index in [1.165, 1.54) is 0 Å². The van der Waals surface area contributed by atoms with Gasteiger partial charge < -0.3 is 5.32 Å². The van der Waals surface area contributed by atoms with Gasteiger partial charge in [0.25, 0.3) is 5.91 Å². The number of pyridine rings is 1. The van der Waals surface area contributed by atoms with Crippen LogP contribution in [0.2, 0.25) is 5.15 Å². The fourth-order valence-electron chi connectivity index (χ4n) is 1.80. The number of amides is 1. The van der Waals surface area contributed by atoms with Crippen LogP contribution in [-0.4, -0.2) is 10.9 Å². The molecule has 0 bridgehead atoms. The maximum atomic E-state index is 12.9. The average Bonchev–Trinajstić information content (AvgIpc) is 2.45. The summed E-state index contributed by atoms with van der Waals surface area (Å²) in [7, 11) is 0. The number of hydrogen-bond donors (Lipinski definition) is 1. The second-order valence-electron chi connectivity index (χ2n) is 4.56. The van der Waals surface area contributed by atoms with E-state index in [-0.39, 0.29) is 10.8 Å². The van der Waals surface area contributed by atoms with Gasteiger partial charge in [-0.15, -0.1) is 0 Å². The van der Waals surface area contributed by atoms with Crippen molar-refractivity contribution < 1.29 is 31.1 Å². The SMILES string of the molecule is O=C(Nc1cccc(C(F)(F)F)c1)c1nc(Cl)ccc1C(F)(F)F. The molecule has 3 nitrogen and oxygen atoms in total. The van der Waals surface area contributed by atoms with Gasteiger partial charge in [0.1, 0.15) is 10.8 Å². The number of benzene rings is 1. The summed E-state index contributed by atoms with van der Waals surface area (Å²) in [6.07, 6.45) is -9.54. The molecule has 128 valence electrons. The van der Waals surface area contributed by atoms with Gasteiger partial charge in [-0.2, -0.15) is 26.3 Å². The molecular formula is C14H7ClF6N2O. The minimum atomic E-state index is -4.88. The minimum absolute atomic E-state index is 0.329. The van der Waals surface area contributed by atoms with E-state index in [1.54, 1.807) is 0 Å². The van der Waals surface area contributed by atoms with Gasteiger partial charge in [0.05, 0.1) is 11.1 Å². The summed E-state index contributed by atoms with van der Waals surface area (Å²) in [6, 6.07) is 4.88. The highest BCUT2D eigenvalue weighted by Crippen LogP contribution is 2.33. The quantitative estimate of drug-likeness (QED) is 0.597. The number of alkyl halides is 6. The maximum absolute atomic E-state index is 12.9. The van der Waals surface area contributed by atoms with E-state index in [4.69, 9.17) is 11.6 Å². The van der Waals surface area contributed by atoms with Crippen molar-refractivity contribution in [3.05, 3.63) is 58.4 Å². The van der Waals surface area contributed by atoms with Crippen LogP contribution < -0.4 is 5.32 Å². The summed E-state index contributed by atoms with van der Waals surface area (Å²) >= 11 is 5.49. The molecule has 0 fully saturated rings. The Morgan fingerprint density at radius 2 is 1.67 bits per heavy atom. The zero-order valence-electron chi connectivity index (χ0n) is 11.5. The lowest BCUT2D eigenvalue weighted by Crippen LogP contribution is -2.20. The van der Waals surface area contributed by atoms with Gasteiger partial charge in [-0.05, 0) is 30.3 Å². The summed E-state index contributed by atoms with van der Waals surface area (Å²) in [4.78, 5) is 15.3. The molecule has 24 heavy (non-hydrogen) atoms. The first-order valence-electron chi connectivity index (χ1n) is 6.21. The largest absolute Gasteiger partial charge is 0.418 e. The maximum Gasteiger partial charge on any atom is 0.418 e. The Balaban J connectivity index is 2.36. The molecule has 0 spiro atoms. The molecule has 0 saturated heterocycles. The van der Waals surface area contributed by atoms with E-state index < -0.39 is 35.1 Å². The minimum Gasteiger partial charge on any atom is -0.321 e. The molecule has 1 aromatic carbocycles. The fraction of sp³-hybridized carbons (Fsp3) is 0.143. The van der Waals surface area contributed by atoms with Crippen LogP contribution in [0.3, 0.4) is 0 Å². The van der Waals surface area contributed by atoms with Crippen LogP contribution in [0.25, 0.3) is 0 Å². The smallest absolute Gasteiger partial charge is 0.321 e. The topological polar surface area (TPSA) is 42.0 Å². The Labute approximate surface area is 136 Å². The molecule has 0 saturated carbocycles. The van der Waals surface area contributed by atoms with E-state index in [2.05, 4.69) is 4.98 Å². The van der Waals surface area contributed by atoms with E-state index in [0.29, 0.717) is 12.1 Å². The molecule has 0 atom stereocenters. The number of aromatic nitrogens is 1. The second kappa shape index (κ2) is 6.31. The van der Waals surface area contributed by atoms with Crippen LogP contribution >= 0.6 is 11.6 Å². The Bertz CT molecular complexity index is 773. The number of rotatable bonds is 2. The standard InChI is InChI=1S/C14H7ClF6N2O/c15-10-5-4-9(14(19,20)21)11(23-10)12(24)22-8-3-1-2-7(6-8)13(16,17)18/h1-6H,(H,22,24). The molecule has 1 heterocycles. The molecular weight excluding hydrogens is 362 g/mol. The number of carbonyl (C=O) groups is 1. The summed E-state index contributed by atoms with van der Waals surface area (Å²) in [5.41, 5.74) is -3.77. The Hall–Kier alpha value is -2.29. The van der Waals surface area contributed by atoms with E-state index >= 15 is 0 Å². The fourth-order valence-corrected chi connectivity index (χ4v) is 1.95. The van der Waals surface area contributed by atoms with Crippen molar-refractivity contribution in [3.63, 3.8) is 0 Å². The number of nitrogens with one attached hydrogen (secondary N) is 1. The molecule has 1 aromatic heterocycles. The monoisotopic (exact) mass is 368 g/mol. The van der Waals surface area contributed by atoms with Gasteiger partial charge in [0.2, 0.25) is 0 Å². The third kappa shape index (κ3) is 4.16. The molecule has 2 aromatic rings. The zero-order chi connectivity index (χ0) is 18.1. The normalized spacial score (nSPS) is 12.1. The van der Waals surface area contributed by atoms with Gasteiger partial charge >= 0.3 is 12.4 Å². The Morgan fingerprint density at radius 3 is 2.25 bits per heavy atom. The van der Waals surface area contributed by atoms with Crippen LogP contribution in [0.1, 0.15) is 21.6 Å². The molecule has 0 unspecified atom stereocenters. The lowest BCUT2D eigenvalue weighted by Gasteiger charge is -2.13. The molecule has 2 rings (SSSR count). The van der Waals surface area contributed by atoms with Gasteiger partial charge in [-0.3, -0.25) is 4.79 Å². The lowest BCUT2D eigenvalue weighted by molar-refractivity contribution is -0.138. The van der Waals surface area contributed by atoms with Crippen molar-refractivity contribution in [2.75, 3.05) is 5.32 Å². The third-order valence-corrected chi connectivity index (χ3v) is 3.04. The lowest BCUT2D eigenvalue weighted by atomic mass is 10.1. The molecule has 0 aliphatic heterocycles. The molecule has 1 amide bonds. The summed E-state index contributed by atoms with van der Waals surface area (Å²) < 4.78 is 76.5. The first kappa shape index (κ1) is 18.1. The van der Waals surface area contributed by atoms with Crippen molar-refractivity contribution >= 4 is 23.2 Å². The molecule has 0 radical (unpaired) electrons. The van der Waals surface area contributed by atoms with Crippen LogP contribution in [0, 0.1) is 0 Å². The van der Waals surface area contributed by atoms with Crippen molar-refractivity contribution in [3.8, 4) is 0 Å². The number of nitrogens with zero attached hydrogens (tertiary/aromatic N) is 1. The van der Waals surface area contributed by atoms with E-state index in [9.17, 15) is 31.1 Å².